The van der Waals surface area contributed by atoms with Crippen LogP contribution in [0.2, 0.25) is 0 Å². The summed E-state index contributed by atoms with van der Waals surface area (Å²) in [5, 5.41) is 5.94. The van der Waals surface area contributed by atoms with Gasteiger partial charge in [0.25, 0.3) is 0 Å². The lowest BCUT2D eigenvalue weighted by Crippen LogP contribution is -2.41. The summed E-state index contributed by atoms with van der Waals surface area (Å²) in [6, 6.07) is -0.102. The van der Waals surface area contributed by atoms with Crippen molar-refractivity contribution in [3.05, 3.63) is 0 Å². The Morgan fingerprint density at radius 3 is 2.07 bits per heavy atom. The maximum Gasteiger partial charge on any atom is 0.236 e. The van der Waals surface area contributed by atoms with Crippen LogP contribution in [0.25, 0.3) is 0 Å². The first kappa shape index (κ1) is 12.5. The molecule has 1 amide bonds. The topological polar surface area (TPSA) is 41.1 Å². The quantitative estimate of drug-likeness (QED) is 0.739. The predicted molar refractivity (Wildman–Crippen MR) is 62.6 cm³/mol. The molecule has 1 fully saturated rings. The maximum atomic E-state index is 11.6. The highest BCUT2D eigenvalue weighted by atomic mass is 16.2. The normalized spacial score (nSPS) is 24.7. The standard InChI is InChI=1S/C12H24N2O/c1-8(13-6)10(15)14-7-9-11(2,3)12(9,4)5/h8-9,13H,7H2,1-6H3,(H,14,15). The second-order valence-corrected chi connectivity index (χ2v) is 5.75. The van der Waals surface area contributed by atoms with Gasteiger partial charge in [-0.3, -0.25) is 4.79 Å². The Morgan fingerprint density at radius 2 is 1.73 bits per heavy atom. The zero-order chi connectivity index (χ0) is 11.9. The highest BCUT2D eigenvalue weighted by Gasteiger charge is 2.64. The van der Waals surface area contributed by atoms with Crippen LogP contribution in [-0.4, -0.2) is 25.5 Å². The number of hydrogen-bond acceptors (Lipinski definition) is 2. The van der Waals surface area contributed by atoms with Crippen molar-refractivity contribution in [2.75, 3.05) is 13.6 Å². The Labute approximate surface area is 93.0 Å². The first-order valence-corrected chi connectivity index (χ1v) is 5.70. The number of amides is 1. The summed E-state index contributed by atoms with van der Waals surface area (Å²) < 4.78 is 0. The summed E-state index contributed by atoms with van der Waals surface area (Å²) in [4.78, 5) is 11.6. The Morgan fingerprint density at radius 1 is 1.27 bits per heavy atom. The molecule has 0 radical (unpaired) electrons. The highest BCUT2D eigenvalue weighted by Crippen LogP contribution is 2.67. The summed E-state index contributed by atoms with van der Waals surface area (Å²) in [5.74, 6) is 0.689. The largest absolute Gasteiger partial charge is 0.354 e. The second kappa shape index (κ2) is 3.78. The molecule has 15 heavy (non-hydrogen) atoms. The fraction of sp³-hybridized carbons (Fsp3) is 0.917. The van der Waals surface area contributed by atoms with Crippen LogP contribution in [0.3, 0.4) is 0 Å². The molecule has 0 aromatic heterocycles. The molecule has 1 saturated carbocycles. The molecule has 1 aliphatic rings. The van der Waals surface area contributed by atoms with Crippen LogP contribution in [0.1, 0.15) is 34.6 Å². The summed E-state index contributed by atoms with van der Waals surface area (Å²) in [7, 11) is 1.80. The van der Waals surface area contributed by atoms with Gasteiger partial charge >= 0.3 is 0 Å². The predicted octanol–water partition coefficient (Wildman–Crippen LogP) is 1.39. The number of carbonyl (C=O) groups excluding carboxylic acids is 1. The SMILES string of the molecule is CNC(C)C(=O)NCC1C(C)(C)C1(C)C. The van der Waals surface area contributed by atoms with Crippen molar-refractivity contribution in [3.8, 4) is 0 Å². The average molecular weight is 212 g/mol. The van der Waals surface area contributed by atoms with Crippen LogP contribution in [-0.2, 0) is 4.79 Å². The number of rotatable bonds is 4. The number of hydrogen-bond donors (Lipinski definition) is 2. The van der Waals surface area contributed by atoms with Crippen molar-refractivity contribution in [1.29, 1.82) is 0 Å². The monoisotopic (exact) mass is 212 g/mol. The van der Waals surface area contributed by atoms with Gasteiger partial charge in [-0.2, -0.15) is 0 Å². The lowest BCUT2D eigenvalue weighted by molar-refractivity contribution is -0.122. The van der Waals surface area contributed by atoms with Crippen molar-refractivity contribution in [2.45, 2.75) is 40.7 Å². The zero-order valence-electron chi connectivity index (χ0n) is 10.8. The molecule has 3 nitrogen and oxygen atoms in total. The number of nitrogens with one attached hydrogen (secondary N) is 2. The van der Waals surface area contributed by atoms with Crippen molar-refractivity contribution in [2.24, 2.45) is 16.7 Å². The molecule has 0 spiro atoms. The van der Waals surface area contributed by atoms with Gasteiger partial charge in [0, 0.05) is 6.54 Å². The minimum absolute atomic E-state index is 0.0935. The molecular weight excluding hydrogens is 188 g/mol. The first-order valence-electron chi connectivity index (χ1n) is 5.70. The highest BCUT2D eigenvalue weighted by molar-refractivity contribution is 5.81. The smallest absolute Gasteiger partial charge is 0.236 e. The van der Waals surface area contributed by atoms with Gasteiger partial charge in [0.05, 0.1) is 6.04 Å². The van der Waals surface area contributed by atoms with E-state index in [1.807, 2.05) is 6.92 Å². The van der Waals surface area contributed by atoms with Gasteiger partial charge in [0.15, 0.2) is 0 Å². The number of carbonyl (C=O) groups is 1. The molecule has 0 aromatic carbocycles. The molecule has 1 unspecified atom stereocenters. The van der Waals surface area contributed by atoms with Gasteiger partial charge in [-0.05, 0) is 30.7 Å². The van der Waals surface area contributed by atoms with Crippen molar-refractivity contribution >= 4 is 5.91 Å². The van der Waals surface area contributed by atoms with Crippen LogP contribution in [0.5, 0.6) is 0 Å². The van der Waals surface area contributed by atoms with E-state index >= 15 is 0 Å². The Balaban J connectivity index is 2.38. The fourth-order valence-electron chi connectivity index (χ4n) is 2.33. The summed E-state index contributed by atoms with van der Waals surface area (Å²) in [5.41, 5.74) is 0.701. The number of likely N-dealkylation sites (N-methyl/N-ethyl adjacent to an activating group) is 1. The summed E-state index contributed by atoms with van der Waals surface area (Å²) >= 11 is 0. The molecular formula is C12H24N2O. The molecule has 0 saturated heterocycles. The summed E-state index contributed by atoms with van der Waals surface area (Å²) in [6.45, 7) is 11.7. The second-order valence-electron chi connectivity index (χ2n) is 5.75. The molecule has 0 heterocycles. The van der Waals surface area contributed by atoms with E-state index in [-0.39, 0.29) is 11.9 Å². The van der Waals surface area contributed by atoms with E-state index in [2.05, 4.69) is 38.3 Å². The van der Waals surface area contributed by atoms with Crippen LogP contribution in [0.4, 0.5) is 0 Å². The third kappa shape index (κ3) is 2.03. The van der Waals surface area contributed by atoms with Gasteiger partial charge in [-0.25, -0.2) is 0 Å². The van der Waals surface area contributed by atoms with Crippen molar-refractivity contribution in [1.82, 2.24) is 10.6 Å². The van der Waals surface area contributed by atoms with Gasteiger partial charge in [0.2, 0.25) is 5.91 Å². The minimum Gasteiger partial charge on any atom is -0.354 e. The third-order valence-corrected chi connectivity index (χ3v) is 4.63. The van der Waals surface area contributed by atoms with Crippen LogP contribution in [0.15, 0.2) is 0 Å². The Bertz CT molecular complexity index is 244. The molecule has 0 aliphatic heterocycles. The first-order chi connectivity index (χ1) is 6.75. The molecule has 0 aromatic rings. The molecule has 2 N–H and O–H groups in total. The van der Waals surface area contributed by atoms with E-state index in [1.165, 1.54) is 0 Å². The molecule has 3 heteroatoms. The van der Waals surface area contributed by atoms with E-state index in [1.54, 1.807) is 7.05 Å². The van der Waals surface area contributed by atoms with E-state index < -0.39 is 0 Å². The van der Waals surface area contributed by atoms with Gasteiger partial charge < -0.3 is 10.6 Å². The fourth-order valence-corrected chi connectivity index (χ4v) is 2.33. The average Bonchev–Trinajstić information content (AvgIpc) is 2.53. The Hall–Kier alpha value is -0.570. The van der Waals surface area contributed by atoms with Crippen LogP contribution < -0.4 is 10.6 Å². The molecule has 1 atom stereocenters. The molecule has 1 rings (SSSR count). The zero-order valence-corrected chi connectivity index (χ0v) is 10.8. The van der Waals surface area contributed by atoms with E-state index in [0.717, 1.165) is 6.54 Å². The van der Waals surface area contributed by atoms with Gasteiger partial charge in [-0.1, -0.05) is 27.7 Å². The third-order valence-electron chi connectivity index (χ3n) is 4.63. The van der Waals surface area contributed by atoms with E-state index in [9.17, 15) is 4.79 Å². The van der Waals surface area contributed by atoms with Crippen molar-refractivity contribution in [3.63, 3.8) is 0 Å². The maximum absolute atomic E-state index is 11.6. The lowest BCUT2D eigenvalue weighted by Gasteiger charge is -2.11. The van der Waals surface area contributed by atoms with Crippen molar-refractivity contribution < 1.29 is 4.79 Å². The van der Waals surface area contributed by atoms with E-state index in [0.29, 0.717) is 16.7 Å². The lowest BCUT2D eigenvalue weighted by atomic mass is 10.0. The van der Waals surface area contributed by atoms with Gasteiger partial charge in [0.1, 0.15) is 0 Å². The molecule has 1 aliphatic carbocycles. The van der Waals surface area contributed by atoms with E-state index in [4.69, 9.17) is 0 Å². The van der Waals surface area contributed by atoms with Crippen LogP contribution >= 0.6 is 0 Å². The molecule has 0 bridgehead atoms. The molecule has 88 valence electrons. The van der Waals surface area contributed by atoms with Crippen LogP contribution in [0, 0.1) is 16.7 Å². The minimum atomic E-state index is -0.102. The Kier molecular flexibility index (Phi) is 3.15. The van der Waals surface area contributed by atoms with Gasteiger partial charge in [-0.15, -0.1) is 0 Å². The summed E-state index contributed by atoms with van der Waals surface area (Å²) in [6.07, 6.45) is 0.